The first-order valence-electron chi connectivity index (χ1n) is 5.50. The van der Waals surface area contributed by atoms with Crippen molar-refractivity contribution in [2.45, 2.75) is 26.8 Å². The van der Waals surface area contributed by atoms with Gasteiger partial charge in [-0.3, -0.25) is 0 Å². The molecule has 0 saturated heterocycles. The van der Waals surface area contributed by atoms with E-state index >= 15 is 0 Å². The lowest BCUT2D eigenvalue weighted by Gasteiger charge is -2.14. The van der Waals surface area contributed by atoms with Gasteiger partial charge in [-0.2, -0.15) is 0 Å². The Bertz CT molecular complexity index is 568. The molecule has 2 aromatic heterocycles. The molecule has 2 aromatic rings. The van der Waals surface area contributed by atoms with Crippen LogP contribution in [0.15, 0.2) is 12.1 Å². The SMILES string of the molecule is Cc1nc(Cl)c(NC(C)c2ccc(Cl)s2)nc1C. The number of hydrogen-bond donors (Lipinski definition) is 1. The summed E-state index contributed by atoms with van der Waals surface area (Å²) < 4.78 is 0.774. The molecule has 0 radical (unpaired) electrons. The van der Waals surface area contributed by atoms with Gasteiger partial charge in [0.2, 0.25) is 0 Å². The predicted octanol–water partition coefficient (Wildman–Crippen LogP) is 4.63. The van der Waals surface area contributed by atoms with Crippen LogP contribution >= 0.6 is 34.5 Å². The molecule has 1 atom stereocenters. The van der Waals surface area contributed by atoms with E-state index < -0.39 is 0 Å². The molecule has 1 N–H and O–H groups in total. The molecule has 0 aliphatic heterocycles. The molecule has 2 heterocycles. The van der Waals surface area contributed by atoms with Gasteiger partial charge in [0.1, 0.15) is 0 Å². The molecule has 0 bridgehead atoms. The van der Waals surface area contributed by atoms with Crippen LogP contribution in [0.4, 0.5) is 5.82 Å². The van der Waals surface area contributed by atoms with Crippen LogP contribution in [0.1, 0.15) is 29.2 Å². The maximum atomic E-state index is 6.08. The monoisotopic (exact) mass is 301 g/mol. The van der Waals surface area contributed by atoms with Gasteiger partial charge in [-0.05, 0) is 32.9 Å². The third kappa shape index (κ3) is 2.94. The Morgan fingerprint density at radius 2 is 1.83 bits per heavy atom. The summed E-state index contributed by atoms with van der Waals surface area (Å²) in [4.78, 5) is 9.79. The average molecular weight is 302 g/mol. The predicted molar refractivity (Wildman–Crippen MR) is 77.9 cm³/mol. The Morgan fingerprint density at radius 1 is 1.17 bits per heavy atom. The van der Waals surface area contributed by atoms with Gasteiger partial charge in [0, 0.05) is 4.88 Å². The van der Waals surface area contributed by atoms with Crippen molar-refractivity contribution in [3.63, 3.8) is 0 Å². The number of halogens is 2. The molecule has 0 aliphatic carbocycles. The standard InChI is InChI=1S/C12H13Cl2N3S/c1-6-7(2)16-12(11(14)15-6)17-8(3)9-4-5-10(13)18-9/h4-5,8H,1-3H3,(H,16,17). The highest BCUT2D eigenvalue weighted by molar-refractivity contribution is 7.16. The van der Waals surface area contributed by atoms with Gasteiger partial charge in [0.05, 0.1) is 21.8 Å². The minimum atomic E-state index is 0.0939. The summed E-state index contributed by atoms with van der Waals surface area (Å²) in [6, 6.07) is 3.97. The number of rotatable bonds is 3. The maximum Gasteiger partial charge on any atom is 0.171 e. The smallest absolute Gasteiger partial charge is 0.171 e. The van der Waals surface area contributed by atoms with Crippen molar-refractivity contribution >= 4 is 40.4 Å². The van der Waals surface area contributed by atoms with Crippen LogP contribution in [0.3, 0.4) is 0 Å². The first-order chi connectivity index (χ1) is 8.47. The fourth-order valence-corrected chi connectivity index (χ4v) is 2.79. The minimum Gasteiger partial charge on any atom is -0.360 e. The zero-order valence-corrected chi connectivity index (χ0v) is 12.6. The van der Waals surface area contributed by atoms with Gasteiger partial charge in [0.25, 0.3) is 0 Å². The molecule has 2 rings (SSSR count). The summed E-state index contributed by atoms with van der Waals surface area (Å²) in [7, 11) is 0. The van der Waals surface area contributed by atoms with Gasteiger partial charge < -0.3 is 5.32 Å². The van der Waals surface area contributed by atoms with Gasteiger partial charge in [-0.25, -0.2) is 9.97 Å². The first kappa shape index (κ1) is 13.6. The zero-order valence-electron chi connectivity index (χ0n) is 10.3. The number of aryl methyl sites for hydroxylation is 2. The summed E-state index contributed by atoms with van der Waals surface area (Å²) >= 11 is 13.5. The number of nitrogens with one attached hydrogen (secondary N) is 1. The van der Waals surface area contributed by atoms with E-state index in [0.29, 0.717) is 11.0 Å². The molecular weight excluding hydrogens is 289 g/mol. The molecule has 6 heteroatoms. The van der Waals surface area contributed by atoms with E-state index in [9.17, 15) is 0 Å². The Labute approximate surface area is 120 Å². The molecule has 0 aliphatic rings. The number of hydrogen-bond acceptors (Lipinski definition) is 4. The lowest BCUT2D eigenvalue weighted by atomic mass is 10.3. The molecule has 0 saturated carbocycles. The van der Waals surface area contributed by atoms with E-state index in [1.54, 1.807) is 0 Å². The molecule has 18 heavy (non-hydrogen) atoms. The van der Waals surface area contributed by atoms with E-state index in [4.69, 9.17) is 23.2 Å². The highest BCUT2D eigenvalue weighted by Crippen LogP contribution is 2.30. The average Bonchev–Trinajstić information content (AvgIpc) is 2.73. The van der Waals surface area contributed by atoms with Crippen molar-refractivity contribution in [1.29, 1.82) is 0 Å². The van der Waals surface area contributed by atoms with Crippen LogP contribution in [-0.4, -0.2) is 9.97 Å². The summed E-state index contributed by atoms with van der Waals surface area (Å²) in [5.41, 5.74) is 1.72. The molecule has 0 aromatic carbocycles. The van der Waals surface area contributed by atoms with Crippen molar-refractivity contribution in [3.05, 3.63) is 37.9 Å². The van der Waals surface area contributed by atoms with Crippen molar-refractivity contribution in [2.75, 3.05) is 5.32 Å². The summed E-state index contributed by atoms with van der Waals surface area (Å²) in [5.74, 6) is 0.608. The van der Waals surface area contributed by atoms with Crippen LogP contribution in [0.2, 0.25) is 9.49 Å². The zero-order chi connectivity index (χ0) is 13.3. The molecule has 0 spiro atoms. The number of nitrogens with zero attached hydrogens (tertiary/aromatic N) is 2. The minimum absolute atomic E-state index is 0.0939. The van der Waals surface area contributed by atoms with Crippen LogP contribution in [0.5, 0.6) is 0 Å². The fourth-order valence-electron chi connectivity index (χ4n) is 1.50. The molecule has 1 unspecified atom stereocenters. The highest BCUT2D eigenvalue weighted by Gasteiger charge is 2.12. The number of thiophene rings is 1. The molecule has 3 nitrogen and oxygen atoms in total. The Hall–Kier alpha value is -0.840. The van der Waals surface area contributed by atoms with E-state index in [2.05, 4.69) is 15.3 Å². The second kappa shape index (κ2) is 5.43. The number of aromatic nitrogens is 2. The van der Waals surface area contributed by atoms with Crippen molar-refractivity contribution in [2.24, 2.45) is 0 Å². The van der Waals surface area contributed by atoms with Crippen molar-refractivity contribution in [1.82, 2.24) is 9.97 Å². The van der Waals surface area contributed by atoms with Crippen LogP contribution in [0, 0.1) is 13.8 Å². The summed E-state index contributed by atoms with van der Waals surface area (Å²) in [6.07, 6.45) is 0. The Kier molecular flexibility index (Phi) is 4.10. The quantitative estimate of drug-likeness (QED) is 0.898. The lowest BCUT2D eigenvalue weighted by molar-refractivity contribution is 0.885. The Morgan fingerprint density at radius 3 is 2.44 bits per heavy atom. The van der Waals surface area contributed by atoms with Crippen molar-refractivity contribution < 1.29 is 0 Å². The summed E-state index contributed by atoms with van der Waals surface area (Å²) in [6.45, 7) is 5.84. The van der Waals surface area contributed by atoms with E-state index in [1.165, 1.54) is 11.3 Å². The van der Waals surface area contributed by atoms with Crippen LogP contribution in [0.25, 0.3) is 0 Å². The van der Waals surface area contributed by atoms with Gasteiger partial charge in [0.15, 0.2) is 11.0 Å². The second-order valence-electron chi connectivity index (χ2n) is 4.04. The molecule has 0 amide bonds. The third-order valence-electron chi connectivity index (χ3n) is 2.64. The molecule has 0 fully saturated rings. The fraction of sp³-hybridized carbons (Fsp3) is 0.333. The third-order valence-corrected chi connectivity index (χ3v) is 4.32. The van der Waals surface area contributed by atoms with Gasteiger partial charge in [-0.15, -0.1) is 11.3 Å². The largest absolute Gasteiger partial charge is 0.360 e. The normalized spacial score (nSPS) is 12.5. The second-order valence-corrected chi connectivity index (χ2v) is 6.15. The molecule has 96 valence electrons. The van der Waals surface area contributed by atoms with Gasteiger partial charge >= 0.3 is 0 Å². The van der Waals surface area contributed by atoms with E-state index in [0.717, 1.165) is 20.6 Å². The van der Waals surface area contributed by atoms with E-state index in [-0.39, 0.29) is 6.04 Å². The first-order valence-corrected chi connectivity index (χ1v) is 7.07. The van der Waals surface area contributed by atoms with E-state index in [1.807, 2.05) is 32.9 Å². The highest BCUT2D eigenvalue weighted by atomic mass is 35.5. The Balaban J connectivity index is 2.21. The van der Waals surface area contributed by atoms with Crippen molar-refractivity contribution in [3.8, 4) is 0 Å². The summed E-state index contributed by atoms with van der Waals surface area (Å²) in [5, 5.41) is 3.65. The van der Waals surface area contributed by atoms with Crippen LogP contribution in [-0.2, 0) is 0 Å². The van der Waals surface area contributed by atoms with Crippen LogP contribution < -0.4 is 5.32 Å². The maximum absolute atomic E-state index is 6.08. The van der Waals surface area contributed by atoms with Gasteiger partial charge in [-0.1, -0.05) is 23.2 Å². The molecular formula is C12H13Cl2N3S. The number of anilines is 1. The lowest BCUT2D eigenvalue weighted by Crippen LogP contribution is -2.09. The topological polar surface area (TPSA) is 37.8 Å².